The Morgan fingerprint density at radius 3 is 2.36 bits per heavy atom. The van der Waals surface area contributed by atoms with E-state index in [-0.39, 0.29) is 17.9 Å². The molecule has 1 amide bonds. The first-order chi connectivity index (χ1) is 20.2. The van der Waals surface area contributed by atoms with E-state index in [2.05, 4.69) is 36.3 Å². The number of thiazole rings is 1. The predicted molar refractivity (Wildman–Crippen MR) is 169 cm³/mol. The third-order valence-corrected chi connectivity index (χ3v) is 8.06. The summed E-state index contributed by atoms with van der Waals surface area (Å²) in [6.45, 7) is 11.6. The highest BCUT2D eigenvalue weighted by atomic mass is 32.1. The third kappa shape index (κ3) is 6.98. The van der Waals surface area contributed by atoms with Crippen LogP contribution in [0.1, 0.15) is 53.3 Å². The molecule has 3 aromatic carbocycles. The summed E-state index contributed by atoms with van der Waals surface area (Å²) in [6.07, 6.45) is 0. The van der Waals surface area contributed by atoms with Crippen LogP contribution < -0.4 is 15.5 Å². The number of nitrogens with zero attached hydrogens (tertiary/aromatic N) is 2. The number of nitrogens with one attached hydrogen (secondary N) is 2. The van der Waals surface area contributed by atoms with Crippen LogP contribution in [0.25, 0.3) is 10.6 Å². The Bertz CT molecular complexity index is 1540. The van der Waals surface area contributed by atoms with E-state index in [0.717, 1.165) is 43.2 Å². The zero-order chi connectivity index (χ0) is 29.7. The van der Waals surface area contributed by atoms with Gasteiger partial charge in [0, 0.05) is 41.3 Å². The standard InChI is InChI=1S/C33H36N4O4S/c1-5-41-32(39)28-29(34-25-13-15-27(16-14-25)37-17-19-40-20-18-37)36-31(42-28)23-7-6-8-26(21-23)35-30(38)22-9-11-24(12-10-22)33(2,3)4/h6-16,21,34H,5,17-20H2,1-4H3,(H,35,38). The van der Waals surface area contributed by atoms with Gasteiger partial charge in [-0.2, -0.15) is 0 Å². The number of hydrogen-bond acceptors (Lipinski definition) is 8. The number of anilines is 4. The Hall–Kier alpha value is -4.21. The van der Waals surface area contributed by atoms with Crippen molar-refractivity contribution in [1.82, 2.24) is 4.98 Å². The molecule has 0 atom stereocenters. The molecule has 42 heavy (non-hydrogen) atoms. The maximum Gasteiger partial charge on any atom is 0.352 e. The lowest BCUT2D eigenvalue weighted by Gasteiger charge is -2.28. The minimum atomic E-state index is -0.433. The molecule has 1 aliphatic heterocycles. The van der Waals surface area contributed by atoms with Crippen molar-refractivity contribution in [2.24, 2.45) is 0 Å². The number of benzene rings is 3. The average Bonchev–Trinajstić information content (AvgIpc) is 3.42. The van der Waals surface area contributed by atoms with Crippen molar-refractivity contribution in [1.29, 1.82) is 0 Å². The summed E-state index contributed by atoms with van der Waals surface area (Å²) in [7, 11) is 0. The number of ether oxygens (including phenoxy) is 2. The molecule has 218 valence electrons. The van der Waals surface area contributed by atoms with Crippen LogP contribution in [0.2, 0.25) is 0 Å². The third-order valence-electron chi connectivity index (χ3n) is 6.97. The van der Waals surface area contributed by atoms with Gasteiger partial charge >= 0.3 is 5.97 Å². The fourth-order valence-corrected chi connectivity index (χ4v) is 5.54. The number of hydrogen-bond donors (Lipinski definition) is 2. The number of aromatic nitrogens is 1. The molecule has 1 aliphatic rings. The largest absolute Gasteiger partial charge is 0.462 e. The maximum atomic E-state index is 13.0. The van der Waals surface area contributed by atoms with Crippen LogP contribution in [0.15, 0.2) is 72.8 Å². The molecule has 5 rings (SSSR count). The van der Waals surface area contributed by atoms with E-state index in [9.17, 15) is 9.59 Å². The topological polar surface area (TPSA) is 92.8 Å². The Balaban J connectivity index is 1.35. The summed E-state index contributed by atoms with van der Waals surface area (Å²) in [4.78, 5) is 33.3. The Kier molecular flexibility index (Phi) is 8.89. The molecule has 0 aliphatic carbocycles. The fourth-order valence-electron chi connectivity index (χ4n) is 4.63. The number of esters is 1. The average molecular weight is 585 g/mol. The molecule has 0 saturated carbocycles. The Morgan fingerprint density at radius 2 is 1.69 bits per heavy atom. The predicted octanol–water partition coefficient (Wildman–Crippen LogP) is 7.12. The minimum absolute atomic E-state index is 0.0134. The number of carbonyl (C=O) groups is 2. The molecule has 4 aromatic rings. The quantitative estimate of drug-likeness (QED) is 0.213. The van der Waals surface area contributed by atoms with Crippen LogP contribution in [0.3, 0.4) is 0 Å². The Morgan fingerprint density at radius 1 is 0.976 bits per heavy atom. The van der Waals surface area contributed by atoms with Gasteiger partial charge in [0.2, 0.25) is 0 Å². The van der Waals surface area contributed by atoms with Crippen molar-refractivity contribution >= 4 is 46.1 Å². The van der Waals surface area contributed by atoms with E-state index in [1.165, 1.54) is 16.9 Å². The van der Waals surface area contributed by atoms with Gasteiger partial charge in [0.15, 0.2) is 10.7 Å². The van der Waals surface area contributed by atoms with Gasteiger partial charge in [-0.15, -0.1) is 11.3 Å². The van der Waals surface area contributed by atoms with Crippen molar-refractivity contribution in [3.8, 4) is 10.6 Å². The zero-order valence-electron chi connectivity index (χ0n) is 24.4. The first-order valence-corrected chi connectivity index (χ1v) is 14.9. The molecule has 1 fully saturated rings. The van der Waals surface area contributed by atoms with E-state index in [0.29, 0.717) is 27.0 Å². The van der Waals surface area contributed by atoms with Crippen LogP contribution in [0.4, 0.5) is 22.9 Å². The Labute approximate surface area is 250 Å². The van der Waals surface area contributed by atoms with Crippen LogP contribution >= 0.6 is 11.3 Å². The van der Waals surface area contributed by atoms with Gasteiger partial charge < -0.3 is 25.0 Å². The molecule has 2 heterocycles. The number of carbonyl (C=O) groups excluding carboxylic acids is 2. The highest BCUT2D eigenvalue weighted by Crippen LogP contribution is 2.35. The highest BCUT2D eigenvalue weighted by Gasteiger charge is 2.21. The van der Waals surface area contributed by atoms with E-state index in [1.807, 2.05) is 72.8 Å². The van der Waals surface area contributed by atoms with Gasteiger partial charge in [-0.3, -0.25) is 4.79 Å². The monoisotopic (exact) mass is 584 g/mol. The first kappa shape index (κ1) is 29.3. The van der Waals surface area contributed by atoms with Gasteiger partial charge in [-0.05, 0) is 66.4 Å². The normalized spacial score (nSPS) is 13.5. The van der Waals surface area contributed by atoms with E-state index in [4.69, 9.17) is 14.5 Å². The number of morpholine rings is 1. The highest BCUT2D eigenvalue weighted by molar-refractivity contribution is 7.17. The molecule has 9 heteroatoms. The molecule has 0 unspecified atom stereocenters. The molecular weight excluding hydrogens is 548 g/mol. The van der Waals surface area contributed by atoms with Crippen LogP contribution in [-0.4, -0.2) is 49.8 Å². The summed E-state index contributed by atoms with van der Waals surface area (Å²) in [5.41, 5.74) is 5.11. The minimum Gasteiger partial charge on any atom is -0.462 e. The number of amides is 1. The molecular formula is C33H36N4O4S. The smallest absolute Gasteiger partial charge is 0.352 e. The molecule has 0 bridgehead atoms. The molecule has 1 aromatic heterocycles. The lowest BCUT2D eigenvalue weighted by atomic mass is 9.87. The molecule has 1 saturated heterocycles. The fraction of sp³-hybridized carbons (Fsp3) is 0.303. The summed E-state index contributed by atoms with van der Waals surface area (Å²) in [5.74, 6) is -0.195. The van der Waals surface area contributed by atoms with Crippen molar-refractivity contribution < 1.29 is 19.1 Å². The second kappa shape index (κ2) is 12.8. The molecule has 0 spiro atoms. The van der Waals surface area contributed by atoms with Gasteiger partial charge in [-0.25, -0.2) is 9.78 Å². The van der Waals surface area contributed by atoms with Crippen LogP contribution in [0, 0.1) is 0 Å². The SMILES string of the molecule is CCOC(=O)c1sc(-c2cccc(NC(=O)c3ccc(C(C)(C)C)cc3)c2)nc1Nc1ccc(N2CCOCC2)cc1. The number of rotatable bonds is 8. The second-order valence-electron chi connectivity index (χ2n) is 11.1. The first-order valence-electron chi connectivity index (χ1n) is 14.1. The lowest BCUT2D eigenvalue weighted by molar-refractivity contribution is 0.0533. The van der Waals surface area contributed by atoms with E-state index < -0.39 is 5.97 Å². The van der Waals surface area contributed by atoms with Crippen LogP contribution in [0.5, 0.6) is 0 Å². The summed E-state index contributed by atoms with van der Waals surface area (Å²) < 4.78 is 10.8. The van der Waals surface area contributed by atoms with E-state index in [1.54, 1.807) is 6.92 Å². The van der Waals surface area contributed by atoms with Gasteiger partial charge in [0.1, 0.15) is 5.01 Å². The molecule has 0 radical (unpaired) electrons. The summed E-state index contributed by atoms with van der Waals surface area (Å²) in [6, 6.07) is 23.2. The summed E-state index contributed by atoms with van der Waals surface area (Å²) >= 11 is 1.25. The van der Waals surface area contributed by atoms with Gasteiger partial charge in [-0.1, -0.05) is 45.0 Å². The van der Waals surface area contributed by atoms with Crippen molar-refractivity contribution in [3.05, 3.63) is 88.8 Å². The van der Waals surface area contributed by atoms with Crippen molar-refractivity contribution in [2.45, 2.75) is 33.1 Å². The molecule has 8 nitrogen and oxygen atoms in total. The second-order valence-corrected chi connectivity index (χ2v) is 12.0. The zero-order valence-corrected chi connectivity index (χ0v) is 25.2. The maximum absolute atomic E-state index is 13.0. The van der Waals surface area contributed by atoms with Crippen LogP contribution in [-0.2, 0) is 14.9 Å². The van der Waals surface area contributed by atoms with Gasteiger partial charge in [0.05, 0.1) is 19.8 Å². The van der Waals surface area contributed by atoms with Crippen molar-refractivity contribution in [3.63, 3.8) is 0 Å². The summed E-state index contributed by atoms with van der Waals surface area (Å²) in [5, 5.41) is 6.92. The van der Waals surface area contributed by atoms with Gasteiger partial charge in [0.25, 0.3) is 5.91 Å². The van der Waals surface area contributed by atoms with Crippen molar-refractivity contribution in [2.75, 3.05) is 48.4 Å². The lowest BCUT2D eigenvalue weighted by Crippen LogP contribution is -2.36. The van der Waals surface area contributed by atoms with E-state index >= 15 is 0 Å². The molecule has 2 N–H and O–H groups in total.